The maximum atomic E-state index is 12.9. The van der Waals surface area contributed by atoms with Crippen LogP contribution in [0.25, 0.3) is 0 Å². The van der Waals surface area contributed by atoms with Gasteiger partial charge in [0.1, 0.15) is 4.90 Å². The third-order valence-corrected chi connectivity index (χ3v) is 5.84. The number of carbonyl (C=O) groups excluding carboxylic acids is 1. The van der Waals surface area contributed by atoms with Crippen LogP contribution >= 0.6 is 24.0 Å². The number of rotatable bonds is 5. The van der Waals surface area contributed by atoms with Crippen molar-refractivity contribution in [1.82, 2.24) is 14.9 Å². The predicted octanol–water partition coefficient (Wildman–Crippen LogP) is 1.89. The van der Waals surface area contributed by atoms with Crippen LogP contribution in [0.1, 0.15) is 30.1 Å². The zero-order valence-corrected chi connectivity index (χ0v) is 17.6. The number of piperidine rings is 1. The fraction of sp³-hybridized carbons (Fsp3) is 0.562. The first-order valence-corrected chi connectivity index (χ1v) is 9.86. The number of hydrogen-bond acceptors (Lipinski definition) is 5. The highest BCUT2D eigenvalue weighted by atomic mass is 35.5. The van der Waals surface area contributed by atoms with Gasteiger partial charge in [0.15, 0.2) is 5.75 Å². The lowest BCUT2D eigenvalue weighted by Gasteiger charge is -2.28. The van der Waals surface area contributed by atoms with Crippen LogP contribution < -0.4 is 14.8 Å². The molecule has 1 aliphatic heterocycles. The summed E-state index contributed by atoms with van der Waals surface area (Å²) >= 11 is 6.07. The molecule has 1 amide bonds. The monoisotopic (exact) mass is 425 g/mol. The van der Waals surface area contributed by atoms with Gasteiger partial charge >= 0.3 is 0 Å². The molecule has 1 heterocycles. The van der Waals surface area contributed by atoms with E-state index in [1.165, 1.54) is 24.1 Å². The number of nitrogens with zero attached hydrogens (tertiary/aromatic N) is 1. The van der Waals surface area contributed by atoms with Gasteiger partial charge in [-0.1, -0.05) is 11.6 Å². The third kappa shape index (κ3) is 5.23. The molecule has 1 saturated heterocycles. The van der Waals surface area contributed by atoms with E-state index in [0.29, 0.717) is 12.8 Å². The van der Waals surface area contributed by atoms with Gasteiger partial charge in [0.05, 0.1) is 12.7 Å². The normalized spacial score (nSPS) is 20.2. The molecule has 26 heavy (non-hydrogen) atoms. The smallest absolute Gasteiger partial charge is 0.257 e. The molecule has 2 atom stereocenters. The summed E-state index contributed by atoms with van der Waals surface area (Å²) in [6, 6.07) is 2.76. The SMILES string of the molecule is COc1c(C(=O)N(C)C)cc(Cl)cc1S(=O)(=O)NC1CCNC(C)C1.Cl. The summed E-state index contributed by atoms with van der Waals surface area (Å²) in [4.78, 5) is 13.6. The van der Waals surface area contributed by atoms with Crippen LogP contribution in [0.4, 0.5) is 0 Å². The Morgan fingerprint density at radius 1 is 1.38 bits per heavy atom. The number of hydrogen-bond donors (Lipinski definition) is 2. The van der Waals surface area contributed by atoms with Gasteiger partial charge in [-0.15, -0.1) is 12.4 Å². The Morgan fingerprint density at radius 3 is 2.58 bits per heavy atom. The van der Waals surface area contributed by atoms with Crippen molar-refractivity contribution < 1.29 is 17.9 Å². The summed E-state index contributed by atoms with van der Waals surface area (Å²) in [5, 5.41) is 3.43. The number of benzene rings is 1. The first-order chi connectivity index (χ1) is 11.7. The van der Waals surface area contributed by atoms with E-state index < -0.39 is 10.0 Å². The number of sulfonamides is 1. The van der Waals surface area contributed by atoms with Crippen molar-refractivity contribution in [3.8, 4) is 5.75 Å². The van der Waals surface area contributed by atoms with Crippen molar-refractivity contribution >= 4 is 39.9 Å². The van der Waals surface area contributed by atoms with Crippen LogP contribution in [-0.2, 0) is 10.0 Å². The Morgan fingerprint density at radius 2 is 2.04 bits per heavy atom. The van der Waals surface area contributed by atoms with E-state index in [2.05, 4.69) is 10.0 Å². The molecule has 0 aliphatic carbocycles. The Kier molecular flexibility index (Phi) is 8.16. The molecule has 2 N–H and O–H groups in total. The summed E-state index contributed by atoms with van der Waals surface area (Å²) in [5.41, 5.74) is 0.110. The van der Waals surface area contributed by atoms with Crippen LogP contribution in [0.2, 0.25) is 5.02 Å². The standard InChI is InChI=1S/C16H24ClN3O4S.ClH/c1-10-7-12(5-6-18-10)19-25(22,23)14-9-11(17)8-13(15(14)24-4)16(21)20(2)3;/h8-10,12,18-19H,5-7H2,1-4H3;1H. The molecule has 1 aromatic carbocycles. The zero-order chi connectivity index (χ0) is 18.8. The molecular formula is C16H25Cl2N3O4S. The van der Waals surface area contributed by atoms with Crippen LogP contribution in [-0.4, -0.2) is 59.1 Å². The van der Waals surface area contributed by atoms with Crippen molar-refractivity contribution in [2.24, 2.45) is 0 Å². The van der Waals surface area contributed by atoms with Gasteiger partial charge in [0, 0.05) is 31.2 Å². The molecule has 0 radical (unpaired) electrons. The van der Waals surface area contributed by atoms with Gasteiger partial charge in [-0.25, -0.2) is 13.1 Å². The molecule has 0 saturated carbocycles. The van der Waals surface area contributed by atoms with Crippen molar-refractivity contribution in [2.45, 2.75) is 36.7 Å². The number of methoxy groups -OCH3 is 1. The lowest BCUT2D eigenvalue weighted by molar-refractivity contribution is 0.0824. The number of nitrogens with one attached hydrogen (secondary N) is 2. The topological polar surface area (TPSA) is 87.7 Å². The van der Waals surface area contributed by atoms with E-state index in [4.69, 9.17) is 16.3 Å². The second-order valence-corrected chi connectivity index (χ2v) is 8.50. The van der Waals surface area contributed by atoms with E-state index in [-0.39, 0.29) is 51.6 Å². The molecule has 2 rings (SSSR count). The molecule has 148 valence electrons. The van der Waals surface area contributed by atoms with Gasteiger partial charge in [0.25, 0.3) is 5.91 Å². The van der Waals surface area contributed by atoms with Crippen LogP contribution in [0.3, 0.4) is 0 Å². The highest BCUT2D eigenvalue weighted by Crippen LogP contribution is 2.33. The average molecular weight is 426 g/mol. The molecule has 0 spiro atoms. The first-order valence-electron chi connectivity index (χ1n) is 8.00. The Labute approximate surface area is 165 Å². The summed E-state index contributed by atoms with van der Waals surface area (Å²) in [6.45, 7) is 2.75. The Bertz CT molecular complexity index is 756. The molecular weight excluding hydrogens is 401 g/mol. The molecule has 1 fully saturated rings. The van der Waals surface area contributed by atoms with Crippen LogP contribution in [0.15, 0.2) is 17.0 Å². The fourth-order valence-corrected chi connectivity index (χ4v) is 4.68. The van der Waals surface area contributed by atoms with E-state index in [1.807, 2.05) is 6.92 Å². The minimum atomic E-state index is -3.89. The number of ether oxygens (including phenoxy) is 1. The minimum Gasteiger partial charge on any atom is -0.494 e. The lowest BCUT2D eigenvalue weighted by atomic mass is 10.0. The molecule has 2 unspecified atom stereocenters. The Hall–Kier alpha value is -1.06. The highest BCUT2D eigenvalue weighted by Gasteiger charge is 2.30. The number of halogens is 2. The summed E-state index contributed by atoms with van der Waals surface area (Å²) in [6.07, 6.45) is 1.38. The van der Waals surface area contributed by atoms with E-state index in [9.17, 15) is 13.2 Å². The highest BCUT2D eigenvalue weighted by molar-refractivity contribution is 7.89. The molecule has 1 aliphatic rings. The summed E-state index contributed by atoms with van der Waals surface area (Å²) in [5.74, 6) is -0.385. The van der Waals surface area contributed by atoms with Gasteiger partial charge < -0.3 is 15.0 Å². The van der Waals surface area contributed by atoms with E-state index in [1.54, 1.807) is 14.1 Å². The summed E-state index contributed by atoms with van der Waals surface area (Å²) < 4.78 is 33.7. The van der Waals surface area contributed by atoms with Crippen LogP contribution in [0.5, 0.6) is 5.75 Å². The van der Waals surface area contributed by atoms with Crippen LogP contribution in [0, 0.1) is 0 Å². The molecule has 0 aromatic heterocycles. The lowest BCUT2D eigenvalue weighted by Crippen LogP contribution is -2.46. The fourth-order valence-electron chi connectivity index (χ4n) is 2.90. The molecule has 7 nitrogen and oxygen atoms in total. The minimum absolute atomic E-state index is 0. The van der Waals surface area contributed by atoms with Crippen molar-refractivity contribution in [3.63, 3.8) is 0 Å². The predicted molar refractivity (Wildman–Crippen MR) is 104 cm³/mol. The molecule has 1 aromatic rings. The van der Waals surface area contributed by atoms with E-state index >= 15 is 0 Å². The van der Waals surface area contributed by atoms with Crippen molar-refractivity contribution in [3.05, 3.63) is 22.7 Å². The Balaban J connectivity index is 0.00000338. The van der Waals surface area contributed by atoms with E-state index in [0.717, 1.165) is 6.54 Å². The molecule has 0 bridgehead atoms. The largest absolute Gasteiger partial charge is 0.494 e. The second kappa shape index (κ2) is 9.23. The van der Waals surface area contributed by atoms with Gasteiger partial charge in [-0.3, -0.25) is 4.79 Å². The maximum Gasteiger partial charge on any atom is 0.257 e. The van der Waals surface area contributed by atoms with Crippen molar-refractivity contribution in [2.75, 3.05) is 27.7 Å². The quantitative estimate of drug-likeness (QED) is 0.751. The maximum absolute atomic E-state index is 12.9. The zero-order valence-electron chi connectivity index (χ0n) is 15.2. The van der Waals surface area contributed by atoms with Gasteiger partial charge in [-0.2, -0.15) is 0 Å². The van der Waals surface area contributed by atoms with Gasteiger partial charge in [0.2, 0.25) is 10.0 Å². The summed E-state index contributed by atoms with van der Waals surface area (Å²) in [7, 11) is 0.596. The third-order valence-electron chi connectivity index (χ3n) is 4.10. The second-order valence-electron chi connectivity index (χ2n) is 6.38. The number of amides is 1. The van der Waals surface area contributed by atoms with Gasteiger partial charge in [-0.05, 0) is 38.4 Å². The first kappa shape index (κ1) is 23.0. The molecule has 10 heteroatoms. The number of carbonyl (C=O) groups is 1. The average Bonchev–Trinajstić information content (AvgIpc) is 2.52. The van der Waals surface area contributed by atoms with Crippen molar-refractivity contribution in [1.29, 1.82) is 0 Å².